The molecule has 3 aromatic carbocycles. The number of aliphatic hydroxyl groups is 1. The quantitative estimate of drug-likeness (QED) is 0.203. The number of aryl methyl sites for hydroxylation is 1. The minimum absolute atomic E-state index is 0.000202. The van der Waals surface area contributed by atoms with Crippen LogP contribution in [0.3, 0.4) is 0 Å². The van der Waals surface area contributed by atoms with Gasteiger partial charge in [0.05, 0.1) is 17.9 Å². The zero-order valence-electron chi connectivity index (χ0n) is 21.1. The van der Waals surface area contributed by atoms with Crippen molar-refractivity contribution in [2.45, 2.75) is 25.5 Å². The molecule has 1 fully saturated rings. The Morgan fingerprint density at radius 3 is 2.54 bits per heavy atom. The number of ether oxygens (including phenoxy) is 2. The Bertz CT molecular complexity index is 1550. The molecule has 1 N–H and O–H groups in total. The molecular formula is C32H26N2O5. The molecule has 1 unspecified atom stereocenters. The van der Waals surface area contributed by atoms with Gasteiger partial charge in [-0.25, -0.2) is 0 Å². The van der Waals surface area contributed by atoms with E-state index in [1.54, 1.807) is 60.8 Å². The first-order valence-electron chi connectivity index (χ1n) is 12.8. The second kappa shape index (κ2) is 10.5. The Kier molecular flexibility index (Phi) is 6.55. The summed E-state index contributed by atoms with van der Waals surface area (Å²) in [6, 6.07) is 26.5. The third-order valence-electron chi connectivity index (χ3n) is 6.96. The SMILES string of the molecule is O=C1C(=O)N(c2ccc(OCc3ccccc3)cc2)C(c2ccccn2)/C1=C(/O)c1ccc2c(c1)CCCO2. The number of carbonyl (C=O) groups is 2. The van der Waals surface area contributed by atoms with Crippen molar-refractivity contribution in [3.63, 3.8) is 0 Å². The van der Waals surface area contributed by atoms with Gasteiger partial charge in [0.25, 0.3) is 11.7 Å². The Labute approximate surface area is 226 Å². The second-order valence-electron chi connectivity index (χ2n) is 9.47. The van der Waals surface area contributed by atoms with Crippen LogP contribution in [-0.4, -0.2) is 28.4 Å². The fourth-order valence-electron chi connectivity index (χ4n) is 5.02. The largest absolute Gasteiger partial charge is 0.507 e. The highest BCUT2D eigenvalue weighted by Crippen LogP contribution is 2.42. The lowest BCUT2D eigenvalue weighted by atomic mass is 9.96. The van der Waals surface area contributed by atoms with Crippen molar-refractivity contribution in [2.75, 3.05) is 11.5 Å². The minimum atomic E-state index is -0.894. The minimum Gasteiger partial charge on any atom is -0.507 e. The van der Waals surface area contributed by atoms with Crippen LogP contribution in [0.2, 0.25) is 0 Å². The van der Waals surface area contributed by atoms with E-state index in [1.165, 1.54) is 4.90 Å². The van der Waals surface area contributed by atoms with Crippen molar-refractivity contribution in [3.05, 3.63) is 125 Å². The number of pyridine rings is 1. The lowest BCUT2D eigenvalue weighted by Crippen LogP contribution is -2.29. The molecule has 0 aliphatic carbocycles. The van der Waals surface area contributed by atoms with E-state index in [9.17, 15) is 14.7 Å². The number of hydrogen-bond acceptors (Lipinski definition) is 6. The molecule has 7 heteroatoms. The molecule has 2 aliphatic rings. The standard InChI is InChI=1S/C32H26N2O5/c35-30(23-11-16-27-22(19-23)9-6-18-38-27)28-29(26-10-4-5-17-33-26)34(32(37)31(28)36)24-12-14-25(15-13-24)39-20-21-7-2-1-3-8-21/h1-5,7-8,10-17,19,29,35H,6,9,18,20H2/b30-28-. The van der Waals surface area contributed by atoms with Crippen LogP contribution in [-0.2, 0) is 22.6 Å². The van der Waals surface area contributed by atoms with Gasteiger partial charge in [-0.05, 0) is 78.6 Å². The van der Waals surface area contributed by atoms with Crippen LogP contribution in [0.25, 0.3) is 5.76 Å². The van der Waals surface area contributed by atoms with E-state index in [0.717, 1.165) is 29.7 Å². The number of anilines is 1. The Hall–Kier alpha value is -4.91. The second-order valence-corrected chi connectivity index (χ2v) is 9.47. The monoisotopic (exact) mass is 518 g/mol. The van der Waals surface area contributed by atoms with Gasteiger partial charge in [-0.3, -0.25) is 19.5 Å². The number of fused-ring (bicyclic) bond motifs is 1. The van der Waals surface area contributed by atoms with Gasteiger partial charge in [0.2, 0.25) is 0 Å². The molecule has 7 nitrogen and oxygen atoms in total. The number of Topliss-reactive ketones (excluding diaryl/α,β-unsaturated/α-hetero) is 1. The van der Waals surface area contributed by atoms with Crippen molar-refractivity contribution in [1.29, 1.82) is 0 Å². The van der Waals surface area contributed by atoms with Gasteiger partial charge in [0, 0.05) is 17.4 Å². The first kappa shape index (κ1) is 24.4. The lowest BCUT2D eigenvalue weighted by Gasteiger charge is -2.25. The number of aliphatic hydroxyl groups excluding tert-OH is 1. The molecule has 1 atom stereocenters. The summed E-state index contributed by atoms with van der Waals surface area (Å²) < 4.78 is 11.6. The zero-order chi connectivity index (χ0) is 26.8. The molecule has 194 valence electrons. The molecule has 0 saturated carbocycles. The van der Waals surface area contributed by atoms with E-state index in [0.29, 0.717) is 35.9 Å². The van der Waals surface area contributed by atoms with Gasteiger partial charge in [-0.1, -0.05) is 36.4 Å². The lowest BCUT2D eigenvalue weighted by molar-refractivity contribution is -0.132. The van der Waals surface area contributed by atoms with Gasteiger partial charge in [0.1, 0.15) is 29.9 Å². The average Bonchev–Trinajstić information content (AvgIpc) is 3.26. The fraction of sp³-hybridized carbons (Fsp3) is 0.156. The summed E-state index contributed by atoms with van der Waals surface area (Å²) in [5.41, 5.74) is 3.43. The molecule has 0 spiro atoms. The molecule has 1 amide bonds. The molecule has 3 heterocycles. The smallest absolute Gasteiger partial charge is 0.300 e. The summed E-state index contributed by atoms with van der Waals surface area (Å²) in [6.07, 6.45) is 3.29. The predicted octanol–water partition coefficient (Wildman–Crippen LogP) is 5.61. The number of benzene rings is 3. The van der Waals surface area contributed by atoms with Gasteiger partial charge in [-0.15, -0.1) is 0 Å². The van der Waals surface area contributed by atoms with Crippen LogP contribution < -0.4 is 14.4 Å². The van der Waals surface area contributed by atoms with Crippen LogP contribution in [0, 0.1) is 0 Å². The molecule has 0 bridgehead atoms. The number of hydrogen-bond donors (Lipinski definition) is 1. The average molecular weight is 519 g/mol. The molecule has 2 aliphatic heterocycles. The van der Waals surface area contributed by atoms with Gasteiger partial charge >= 0.3 is 0 Å². The first-order chi connectivity index (χ1) is 19.1. The number of aromatic nitrogens is 1. The van der Waals surface area contributed by atoms with Crippen LogP contribution in [0.4, 0.5) is 5.69 Å². The maximum atomic E-state index is 13.4. The summed E-state index contributed by atoms with van der Waals surface area (Å²) >= 11 is 0. The summed E-state index contributed by atoms with van der Waals surface area (Å²) in [5.74, 6) is -0.324. The highest BCUT2D eigenvalue weighted by atomic mass is 16.5. The topological polar surface area (TPSA) is 89.0 Å². The molecular weight excluding hydrogens is 492 g/mol. The predicted molar refractivity (Wildman–Crippen MR) is 146 cm³/mol. The van der Waals surface area contributed by atoms with E-state index in [1.807, 2.05) is 36.4 Å². The molecule has 6 rings (SSSR count). The number of amides is 1. The normalized spacial score (nSPS) is 17.9. The number of ketones is 1. The Morgan fingerprint density at radius 1 is 0.974 bits per heavy atom. The van der Waals surface area contributed by atoms with Crippen molar-refractivity contribution in [1.82, 2.24) is 4.98 Å². The Balaban J connectivity index is 1.36. The number of nitrogens with zero attached hydrogens (tertiary/aromatic N) is 2. The van der Waals surface area contributed by atoms with E-state index >= 15 is 0 Å². The van der Waals surface area contributed by atoms with Gasteiger partial charge < -0.3 is 14.6 Å². The summed E-state index contributed by atoms with van der Waals surface area (Å²) in [6.45, 7) is 1.06. The highest BCUT2D eigenvalue weighted by molar-refractivity contribution is 6.51. The first-order valence-corrected chi connectivity index (χ1v) is 12.8. The third kappa shape index (κ3) is 4.75. The van der Waals surface area contributed by atoms with E-state index in [4.69, 9.17) is 9.47 Å². The van der Waals surface area contributed by atoms with E-state index < -0.39 is 17.7 Å². The van der Waals surface area contributed by atoms with E-state index in [-0.39, 0.29) is 11.3 Å². The van der Waals surface area contributed by atoms with Crippen molar-refractivity contribution in [3.8, 4) is 11.5 Å². The zero-order valence-corrected chi connectivity index (χ0v) is 21.1. The molecule has 1 saturated heterocycles. The maximum Gasteiger partial charge on any atom is 0.300 e. The highest BCUT2D eigenvalue weighted by Gasteiger charge is 2.47. The third-order valence-corrected chi connectivity index (χ3v) is 6.96. The van der Waals surface area contributed by atoms with Crippen LogP contribution in [0.15, 0.2) is 103 Å². The summed E-state index contributed by atoms with van der Waals surface area (Å²) in [5, 5.41) is 11.4. The molecule has 0 radical (unpaired) electrons. The Morgan fingerprint density at radius 2 is 1.77 bits per heavy atom. The molecule has 4 aromatic rings. The van der Waals surface area contributed by atoms with Gasteiger partial charge in [-0.2, -0.15) is 0 Å². The maximum absolute atomic E-state index is 13.4. The van der Waals surface area contributed by atoms with Gasteiger partial charge in [0.15, 0.2) is 0 Å². The van der Waals surface area contributed by atoms with Crippen LogP contribution in [0.5, 0.6) is 11.5 Å². The van der Waals surface area contributed by atoms with Crippen molar-refractivity contribution < 1.29 is 24.2 Å². The van der Waals surface area contributed by atoms with Crippen LogP contribution >= 0.6 is 0 Å². The molecule has 1 aromatic heterocycles. The van der Waals surface area contributed by atoms with E-state index in [2.05, 4.69) is 4.98 Å². The fourth-order valence-corrected chi connectivity index (χ4v) is 5.02. The summed E-state index contributed by atoms with van der Waals surface area (Å²) in [7, 11) is 0. The van der Waals surface area contributed by atoms with Crippen LogP contribution in [0.1, 0.15) is 34.8 Å². The number of carbonyl (C=O) groups excluding carboxylic acids is 2. The van der Waals surface area contributed by atoms with Crippen molar-refractivity contribution >= 4 is 23.1 Å². The number of rotatable bonds is 6. The van der Waals surface area contributed by atoms with Crippen molar-refractivity contribution in [2.24, 2.45) is 0 Å². The summed E-state index contributed by atoms with van der Waals surface area (Å²) in [4.78, 5) is 32.7. The molecule has 39 heavy (non-hydrogen) atoms.